The minimum Gasteiger partial charge on any atom is -0.481 e. The highest BCUT2D eigenvalue weighted by Gasteiger charge is 2.33. The first-order valence-corrected chi connectivity index (χ1v) is 10.5. The highest BCUT2D eigenvalue weighted by Crippen LogP contribution is 2.31. The number of hydrogen-bond donors (Lipinski definition) is 1. The summed E-state index contributed by atoms with van der Waals surface area (Å²) in [4.78, 5) is 42.7. The van der Waals surface area contributed by atoms with E-state index in [-0.39, 0.29) is 29.7 Å². The van der Waals surface area contributed by atoms with Crippen LogP contribution in [0.25, 0.3) is 0 Å². The third-order valence-corrected chi connectivity index (χ3v) is 5.20. The molecular weight excluding hydrogens is 412 g/mol. The summed E-state index contributed by atoms with van der Waals surface area (Å²) in [6.45, 7) is 4.77. The molecule has 2 amide bonds. The zero-order chi connectivity index (χ0) is 23.4. The molecule has 32 heavy (non-hydrogen) atoms. The van der Waals surface area contributed by atoms with E-state index in [0.717, 1.165) is 0 Å². The van der Waals surface area contributed by atoms with Gasteiger partial charge in [0.15, 0.2) is 0 Å². The van der Waals surface area contributed by atoms with Crippen LogP contribution >= 0.6 is 0 Å². The number of hydrogen-bond acceptors (Lipinski definition) is 8. The van der Waals surface area contributed by atoms with Crippen molar-refractivity contribution in [3.63, 3.8) is 0 Å². The van der Waals surface area contributed by atoms with Gasteiger partial charge in [0.2, 0.25) is 17.7 Å². The van der Waals surface area contributed by atoms with Gasteiger partial charge in [-0.25, -0.2) is 9.97 Å². The molecule has 172 valence electrons. The Hall–Kier alpha value is -3.43. The van der Waals surface area contributed by atoms with E-state index in [9.17, 15) is 9.59 Å². The Morgan fingerprint density at radius 1 is 1.16 bits per heavy atom. The molecule has 1 saturated heterocycles. The van der Waals surface area contributed by atoms with Gasteiger partial charge in [0.05, 0.1) is 25.5 Å². The second-order valence-corrected chi connectivity index (χ2v) is 8.14. The molecule has 0 spiro atoms. The van der Waals surface area contributed by atoms with Crippen LogP contribution in [0.2, 0.25) is 0 Å². The molecule has 0 bridgehead atoms. The molecule has 1 N–H and O–H groups in total. The summed E-state index contributed by atoms with van der Waals surface area (Å²) in [6.07, 6.45) is 2.25. The van der Waals surface area contributed by atoms with E-state index in [2.05, 4.69) is 20.3 Å². The Morgan fingerprint density at radius 3 is 2.53 bits per heavy atom. The number of nitrogens with one attached hydrogen (secondary N) is 1. The van der Waals surface area contributed by atoms with Crippen molar-refractivity contribution in [3.8, 4) is 11.8 Å². The zero-order valence-electron chi connectivity index (χ0n) is 19.4. The molecule has 0 radical (unpaired) electrons. The molecule has 2 aromatic rings. The second-order valence-electron chi connectivity index (χ2n) is 8.14. The number of nitrogens with zero attached hydrogens (tertiary/aromatic N) is 5. The average molecular weight is 443 g/mol. The minimum absolute atomic E-state index is 0.0134. The highest BCUT2D eigenvalue weighted by atomic mass is 16.5. The molecule has 1 unspecified atom stereocenters. The van der Waals surface area contributed by atoms with Crippen LogP contribution < -0.4 is 19.7 Å². The van der Waals surface area contributed by atoms with Crippen LogP contribution in [0.1, 0.15) is 52.6 Å². The quantitative estimate of drug-likeness (QED) is 0.690. The van der Waals surface area contributed by atoms with E-state index in [1.165, 1.54) is 14.2 Å². The number of rotatable bonds is 7. The molecule has 3 rings (SSSR count). The Kier molecular flexibility index (Phi) is 7.12. The Morgan fingerprint density at radius 2 is 1.91 bits per heavy atom. The van der Waals surface area contributed by atoms with Crippen molar-refractivity contribution in [2.75, 3.05) is 46.3 Å². The topological polar surface area (TPSA) is 110 Å². The van der Waals surface area contributed by atoms with E-state index in [1.54, 1.807) is 28.1 Å². The molecule has 2 aromatic heterocycles. The largest absolute Gasteiger partial charge is 0.481 e. The summed E-state index contributed by atoms with van der Waals surface area (Å²) >= 11 is 0. The van der Waals surface area contributed by atoms with Gasteiger partial charge in [0.25, 0.3) is 11.8 Å². The van der Waals surface area contributed by atoms with E-state index < -0.39 is 0 Å². The van der Waals surface area contributed by atoms with Gasteiger partial charge in [-0.1, -0.05) is 0 Å². The number of ether oxygens (including phenoxy) is 2. The van der Waals surface area contributed by atoms with Gasteiger partial charge in [0, 0.05) is 51.4 Å². The predicted octanol–water partition coefficient (Wildman–Crippen LogP) is 1.72. The normalized spacial score (nSPS) is 15.6. The molecule has 0 aromatic carbocycles. The Bertz CT molecular complexity index is 994. The lowest BCUT2D eigenvalue weighted by Gasteiger charge is -2.20. The third-order valence-electron chi connectivity index (χ3n) is 5.20. The van der Waals surface area contributed by atoms with Gasteiger partial charge in [-0.15, -0.1) is 0 Å². The Balaban J connectivity index is 1.88. The first-order chi connectivity index (χ1) is 15.2. The van der Waals surface area contributed by atoms with Crippen LogP contribution in [0, 0.1) is 0 Å². The molecule has 1 aliphatic rings. The van der Waals surface area contributed by atoms with Gasteiger partial charge in [-0.2, -0.15) is 4.98 Å². The number of methoxy groups -OCH3 is 2. The van der Waals surface area contributed by atoms with E-state index >= 15 is 0 Å². The van der Waals surface area contributed by atoms with Crippen molar-refractivity contribution < 1.29 is 19.1 Å². The first kappa shape index (κ1) is 23.2. The number of amides is 2. The first-order valence-electron chi connectivity index (χ1n) is 10.5. The van der Waals surface area contributed by atoms with Crippen molar-refractivity contribution in [3.05, 3.63) is 35.2 Å². The van der Waals surface area contributed by atoms with Gasteiger partial charge in [0.1, 0.15) is 5.56 Å². The maximum Gasteiger partial charge on any atom is 0.259 e. The van der Waals surface area contributed by atoms with Crippen LogP contribution in [-0.2, 0) is 0 Å². The van der Waals surface area contributed by atoms with Gasteiger partial charge in [-0.3, -0.25) is 9.59 Å². The van der Waals surface area contributed by atoms with Gasteiger partial charge >= 0.3 is 0 Å². The summed E-state index contributed by atoms with van der Waals surface area (Å²) in [7, 11) is 6.67. The van der Waals surface area contributed by atoms with Crippen LogP contribution in [-0.4, -0.2) is 79.1 Å². The lowest BCUT2D eigenvalue weighted by Crippen LogP contribution is -2.32. The van der Waals surface area contributed by atoms with Crippen LogP contribution in [0.3, 0.4) is 0 Å². The molecule has 0 aliphatic carbocycles. The number of carbonyl (C=O) groups is 2. The zero-order valence-corrected chi connectivity index (χ0v) is 19.4. The fourth-order valence-electron chi connectivity index (χ4n) is 3.62. The van der Waals surface area contributed by atoms with E-state index in [0.29, 0.717) is 48.2 Å². The van der Waals surface area contributed by atoms with Gasteiger partial charge in [-0.05, 0) is 26.3 Å². The summed E-state index contributed by atoms with van der Waals surface area (Å²) in [5, 5.41) is 2.91. The molecule has 1 aliphatic heterocycles. The molecule has 0 saturated carbocycles. The monoisotopic (exact) mass is 442 g/mol. The lowest BCUT2D eigenvalue weighted by molar-refractivity contribution is 0.0786. The minimum atomic E-state index is -0.217. The maximum atomic E-state index is 13.2. The highest BCUT2D eigenvalue weighted by molar-refractivity contribution is 5.97. The fraction of sp³-hybridized carbons (Fsp3) is 0.500. The van der Waals surface area contributed by atoms with Crippen molar-refractivity contribution >= 4 is 17.8 Å². The lowest BCUT2D eigenvalue weighted by atomic mass is 9.99. The molecular formula is C22H30N6O4. The summed E-state index contributed by atoms with van der Waals surface area (Å²) in [5.74, 6) is 0.612. The molecule has 3 heterocycles. The van der Waals surface area contributed by atoms with E-state index in [4.69, 9.17) is 9.47 Å². The standard InChI is InChI=1S/C22H30N6O4/c1-13(2)24-19(29)16-11-23-22(27(3)4)26-18(16)14-9-10-28(12-14)21(30)15-7-8-17(31-5)25-20(15)32-6/h7-8,11,13-14H,9-10,12H2,1-6H3,(H,24,29). The molecule has 1 atom stereocenters. The predicted molar refractivity (Wildman–Crippen MR) is 120 cm³/mol. The van der Waals surface area contributed by atoms with Crippen molar-refractivity contribution in [1.82, 2.24) is 25.2 Å². The Labute approximate surface area is 188 Å². The second kappa shape index (κ2) is 9.80. The number of anilines is 1. The molecule has 10 nitrogen and oxygen atoms in total. The summed E-state index contributed by atoms with van der Waals surface area (Å²) < 4.78 is 10.4. The molecule has 1 fully saturated rings. The van der Waals surface area contributed by atoms with E-state index in [1.807, 2.05) is 27.9 Å². The third kappa shape index (κ3) is 4.90. The number of likely N-dealkylation sites (tertiary alicyclic amines) is 1. The van der Waals surface area contributed by atoms with Crippen molar-refractivity contribution in [1.29, 1.82) is 0 Å². The summed E-state index contributed by atoms with van der Waals surface area (Å²) in [6, 6.07) is 3.27. The van der Waals surface area contributed by atoms with Crippen molar-refractivity contribution in [2.45, 2.75) is 32.2 Å². The van der Waals surface area contributed by atoms with Gasteiger partial charge < -0.3 is 24.6 Å². The molecule has 10 heteroatoms. The average Bonchev–Trinajstić information content (AvgIpc) is 3.27. The fourth-order valence-corrected chi connectivity index (χ4v) is 3.62. The number of carbonyl (C=O) groups excluding carboxylic acids is 2. The van der Waals surface area contributed by atoms with Crippen LogP contribution in [0.4, 0.5) is 5.95 Å². The number of pyridine rings is 1. The maximum absolute atomic E-state index is 13.2. The van der Waals surface area contributed by atoms with Crippen LogP contribution in [0.15, 0.2) is 18.3 Å². The number of aromatic nitrogens is 3. The summed E-state index contributed by atoms with van der Waals surface area (Å²) in [5.41, 5.74) is 1.45. The van der Waals surface area contributed by atoms with Crippen LogP contribution in [0.5, 0.6) is 11.8 Å². The van der Waals surface area contributed by atoms with Crippen molar-refractivity contribution in [2.24, 2.45) is 0 Å². The SMILES string of the molecule is COc1ccc(C(=O)N2CCC(c3nc(N(C)C)ncc3C(=O)NC(C)C)C2)c(OC)n1. The smallest absolute Gasteiger partial charge is 0.259 e.